The summed E-state index contributed by atoms with van der Waals surface area (Å²) in [6, 6.07) is 0.352. The zero-order valence-corrected chi connectivity index (χ0v) is 11.3. The molecule has 0 aliphatic heterocycles. The van der Waals surface area contributed by atoms with E-state index in [1.54, 1.807) is 11.3 Å². The monoisotopic (exact) mass is 236 g/mol. The fourth-order valence-corrected chi connectivity index (χ4v) is 2.17. The highest BCUT2D eigenvalue weighted by molar-refractivity contribution is 7.09. The number of nitrogens with one attached hydrogen (secondary N) is 1. The first-order valence-corrected chi connectivity index (χ1v) is 6.43. The van der Waals surface area contributed by atoms with Gasteiger partial charge in [-0.15, -0.1) is 23.7 Å². The lowest BCUT2D eigenvalue weighted by Gasteiger charge is -2.13. The molecule has 0 saturated heterocycles. The van der Waals surface area contributed by atoms with Crippen LogP contribution in [0.25, 0.3) is 0 Å². The summed E-state index contributed by atoms with van der Waals surface area (Å²) in [4.78, 5) is 4.62. The second-order valence-corrected chi connectivity index (χ2v) is 5.94. The minimum atomic E-state index is 0.146. The van der Waals surface area contributed by atoms with E-state index in [1.807, 2.05) is 0 Å². The van der Waals surface area contributed by atoms with Gasteiger partial charge in [-0.1, -0.05) is 20.8 Å². The van der Waals surface area contributed by atoms with Crippen LogP contribution in [0.4, 0.5) is 0 Å². The molecular weight excluding hydrogens is 216 g/mol. The number of rotatable bonds is 4. The molecule has 0 unspecified atom stereocenters. The number of hydrogen-bond acceptors (Lipinski definition) is 3. The standard InChI is InChI=1S/C13H20N2S/c1-6-7-10(2)14-8-11-9-16-12(15-11)13(3,4)5/h1,9-10,14H,7-8H2,2-5H3/t10-/m1/s1. The normalized spacial score (nSPS) is 13.4. The summed E-state index contributed by atoms with van der Waals surface area (Å²) in [6.07, 6.45) is 6.02. The average molecular weight is 236 g/mol. The van der Waals surface area contributed by atoms with Gasteiger partial charge >= 0.3 is 0 Å². The van der Waals surface area contributed by atoms with E-state index >= 15 is 0 Å². The van der Waals surface area contributed by atoms with E-state index in [0.29, 0.717) is 6.04 Å². The molecule has 0 aliphatic rings. The number of hydrogen-bond donors (Lipinski definition) is 1. The zero-order chi connectivity index (χ0) is 12.2. The molecule has 0 aliphatic carbocycles. The van der Waals surface area contributed by atoms with Crippen molar-refractivity contribution in [1.29, 1.82) is 0 Å². The van der Waals surface area contributed by atoms with Crippen LogP contribution in [0.2, 0.25) is 0 Å². The summed E-state index contributed by atoms with van der Waals surface area (Å²) >= 11 is 1.73. The molecule has 1 aromatic heterocycles. The highest BCUT2D eigenvalue weighted by Crippen LogP contribution is 2.25. The Morgan fingerprint density at radius 3 is 2.75 bits per heavy atom. The quantitative estimate of drug-likeness (QED) is 0.813. The van der Waals surface area contributed by atoms with Crippen molar-refractivity contribution in [3.8, 4) is 12.3 Å². The van der Waals surface area contributed by atoms with Crippen molar-refractivity contribution in [3.63, 3.8) is 0 Å². The molecule has 3 heteroatoms. The Hall–Kier alpha value is -0.850. The first-order valence-electron chi connectivity index (χ1n) is 5.55. The summed E-state index contributed by atoms with van der Waals surface area (Å²) in [7, 11) is 0. The number of aromatic nitrogens is 1. The number of thiazole rings is 1. The molecular formula is C13H20N2S. The molecule has 0 fully saturated rings. The Morgan fingerprint density at radius 2 is 2.25 bits per heavy atom. The van der Waals surface area contributed by atoms with Crippen molar-refractivity contribution < 1.29 is 0 Å². The predicted molar refractivity (Wildman–Crippen MR) is 70.6 cm³/mol. The van der Waals surface area contributed by atoms with Gasteiger partial charge in [-0.25, -0.2) is 4.98 Å². The van der Waals surface area contributed by atoms with Crippen LogP contribution in [0, 0.1) is 12.3 Å². The average Bonchev–Trinajstić information content (AvgIpc) is 2.63. The summed E-state index contributed by atoms with van der Waals surface area (Å²) in [5.41, 5.74) is 1.26. The Balaban J connectivity index is 2.51. The molecule has 2 nitrogen and oxygen atoms in total. The molecule has 88 valence electrons. The first kappa shape index (κ1) is 13.2. The third kappa shape index (κ3) is 3.96. The SMILES string of the molecule is C#CC[C@@H](C)NCc1csc(C(C)(C)C)n1. The number of terminal acetylenes is 1. The van der Waals surface area contributed by atoms with Gasteiger partial charge in [0.15, 0.2) is 0 Å². The first-order chi connectivity index (χ1) is 7.43. The van der Waals surface area contributed by atoms with E-state index in [9.17, 15) is 0 Å². The fourth-order valence-electron chi connectivity index (χ4n) is 1.26. The van der Waals surface area contributed by atoms with Crippen molar-refractivity contribution in [2.45, 2.75) is 52.1 Å². The van der Waals surface area contributed by atoms with E-state index < -0.39 is 0 Å². The van der Waals surface area contributed by atoms with Crippen LogP contribution in [-0.2, 0) is 12.0 Å². The molecule has 0 amide bonds. The van der Waals surface area contributed by atoms with Crippen molar-refractivity contribution >= 4 is 11.3 Å². The van der Waals surface area contributed by atoms with Gasteiger partial charge < -0.3 is 5.32 Å². The van der Waals surface area contributed by atoms with Gasteiger partial charge in [-0.2, -0.15) is 0 Å². The topological polar surface area (TPSA) is 24.9 Å². The molecule has 1 aromatic rings. The lowest BCUT2D eigenvalue weighted by Crippen LogP contribution is -2.25. The van der Waals surface area contributed by atoms with Crippen LogP contribution in [-0.4, -0.2) is 11.0 Å². The molecule has 1 atom stereocenters. The van der Waals surface area contributed by atoms with Gasteiger partial charge in [0.25, 0.3) is 0 Å². The summed E-state index contributed by atoms with van der Waals surface area (Å²) in [5, 5.41) is 6.68. The van der Waals surface area contributed by atoms with Crippen LogP contribution in [0.15, 0.2) is 5.38 Å². The molecule has 0 saturated carbocycles. The van der Waals surface area contributed by atoms with Crippen molar-refractivity contribution in [2.75, 3.05) is 0 Å². The van der Waals surface area contributed by atoms with Gasteiger partial charge in [-0.3, -0.25) is 0 Å². The highest BCUT2D eigenvalue weighted by atomic mass is 32.1. The van der Waals surface area contributed by atoms with Gasteiger partial charge in [0, 0.05) is 29.8 Å². The Labute approximate surface area is 102 Å². The van der Waals surface area contributed by atoms with Crippen LogP contribution < -0.4 is 5.32 Å². The van der Waals surface area contributed by atoms with E-state index in [4.69, 9.17) is 6.42 Å². The van der Waals surface area contributed by atoms with Gasteiger partial charge in [0.1, 0.15) is 0 Å². The second kappa shape index (κ2) is 5.47. The minimum absolute atomic E-state index is 0.146. The molecule has 1 N–H and O–H groups in total. The minimum Gasteiger partial charge on any atom is -0.308 e. The van der Waals surface area contributed by atoms with Gasteiger partial charge in [0.05, 0.1) is 10.7 Å². The van der Waals surface area contributed by atoms with Gasteiger partial charge in [-0.05, 0) is 6.92 Å². The Morgan fingerprint density at radius 1 is 1.56 bits per heavy atom. The maximum atomic E-state index is 5.26. The highest BCUT2D eigenvalue weighted by Gasteiger charge is 2.17. The van der Waals surface area contributed by atoms with E-state index in [-0.39, 0.29) is 5.41 Å². The lowest BCUT2D eigenvalue weighted by molar-refractivity contribution is 0.546. The van der Waals surface area contributed by atoms with Crippen LogP contribution in [0.5, 0.6) is 0 Å². The molecule has 16 heavy (non-hydrogen) atoms. The van der Waals surface area contributed by atoms with E-state index in [1.165, 1.54) is 5.01 Å². The van der Waals surface area contributed by atoms with E-state index in [2.05, 4.69) is 49.3 Å². The summed E-state index contributed by atoms with van der Waals surface area (Å²) in [5.74, 6) is 2.65. The summed E-state index contributed by atoms with van der Waals surface area (Å²) < 4.78 is 0. The summed E-state index contributed by atoms with van der Waals surface area (Å²) in [6.45, 7) is 9.45. The molecule has 0 radical (unpaired) electrons. The Bertz CT molecular complexity index is 368. The smallest absolute Gasteiger partial charge is 0.0982 e. The molecule has 0 bridgehead atoms. The van der Waals surface area contributed by atoms with Crippen molar-refractivity contribution in [3.05, 3.63) is 16.1 Å². The fraction of sp³-hybridized carbons (Fsp3) is 0.615. The van der Waals surface area contributed by atoms with Crippen molar-refractivity contribution in [2.24, 2.45) is 0 Å². The molecule has 1 heterocycles. The van der Waals surface area contributed by atoms with Crippen molar-refractivity contribution in [1.82, 2.24) is 10.3 Å². The largest absolute Gasteiger partial charge is 0.308 e. The third-order valence-electron chi connectivity index (χ3n) is 2.25. The molecule has 0 spiro atoms. The second-order valence-electron chi connectivity index (χ2n) is 5.08. The van der Waals surface area contributed by atoms with E-state index in [0.717, 1.165) is 18.7 Å². The zero-order valence-electron chi connectivity index (χ0n) is 10.5. The lowest BCUT2D eigenvalue weighted by atomic mass is 9.98. The van der Waals surface area contributed by atoms with Crippen LogP contribution in [0.3, 0.4) is 0 Å². The molecule has 1 rings (SSSR count). The predicted octanol–water partition coefficient (Wildman–Crippen LogP) is 2.94. The maximum Gasteiger partial charge on any atom is 0.0982 e. The van der Waals surface area contributed by atoms with Gasteiger partial charge in [0.2, 0.25) is 0 Å². The maximum absolute atomic E-state index is 5.26. The van der Waals surface area contributed by atoms with Crippen LogP contribution >= 0.6 is 11.3 Å². The molecule has 0 aromatic carbocycles. The van der Waals surface area contributed by atoms with Crippen LogP contribution in [0.1, 0.15) is 44.8 Å². The third-order valence-corrected chi connectivity index (χ3v) is 3.57. The Kier molecular flexibility index (Phi) is 4.52. The number of nitrogens with zero attached hydrogens (tertiary/aromatic N) is 1.